The Balaban J connectivity index is 1.08. The van der Waals surface area contributed by atoms with Gasteiger partial charge in [0.1, 0.15) is 11.5 Å². The summed E-state index contributed by atoms with van der Waals surface area (Å²) in [6, 6.07) is 62.5. The van der Waals surface area contributed by atoms with Gasteiger partial charge in [-0.2, -0.15) is 0 Å². The third kappa shape index (κ3) is 7.39. The van der Waals surface area contributed by atoms with Crippen LogP contribution in [-0.2, 0) is 16.2 Å². The molecule has 4 nitrogen and oxygen atoms in total. The number of rotatable bonds is 8. The first kappa shape index (κ1) is 39.1. The minimum atomic E-state index is -0.642. The van der Waals surface area contributed by atoms with Crippen LogP contribution >= 0.6 is 11.8 Å². The number of benzene rings is 6. The third-order valence-electron chi connectivity index (χ3n) is 11.5. The van der Waals surface area contributed by atoms with Crippen LogP contribution in [0.3, 0.4) is 0 Å². The Labute approximate surface area is 359 Å². The maximum absolute atomic E-state index is 6.76. The van der Waals surface area contributed by atoms with Gasteiger partial charge in [0.2, 0.25) is 0 Å². The summed E-state index contributed by atoms with van der Waals surface area (Å²) in [4.78, 5) is 14.7. The summed E-state index contributed by atoms with van der Waals surface area (Å²) in [6.07, 6.45) is 3.79. The van der Waals surface area contributed by atoms with Gasteiger partial charge >= 0.3 is 0 Å². The van der Waals surface area contributed by atoms with Crippen molar-refractivity contribution in [2.24, 2.45) is 0 Å². The quantitative estimate of drug-likeness (QED) is 0.153. The van der Waals surface area contributed by atoms with Crippen LogP contribution in [0.5, 0.6) is 11.5 Å². The van der Waals surface area contributed by atoms with Gasteiger partial charge in [0.25, 0.3) is 0 Å². The fourth-order valence-corrected chi connectivity index (χ4v) is 9.54. The number of anilines is 3. The highest BCUT2D eigenvalue weighted by molar-refractivity contribution is 7.99. The van der Waals surface area contributed by atoms with Gasteiger partial charge in [-0.05, 0) is 124 Å². The largest absolute Gasteiger partial charge is 0.457 e. The standard InChI is InChI=1S/C55H49N3OS/c1-53(2,3)39-24-28-42(29-25-39)58(43-30-26-40(27-31-43)54(4,5)6)44-32-34-56-49(37-44)38-15-13-17-45(35-38)59-46-18-14-16-41(36-46)55(52-23-11-12-33-57-52)47-19-7-9-21-50(47)60-51-22-10-8-20-48(51)55/h7-37H,1-6H3. The zero-order valence-corrected chi connectivity index (χ0v) is 35.9. The second kappa shape index (κ2) is 15.6. The van der Waals surface area contributed by atoms with E-state index in [-0.39, 0.29) is 10.8 Å². The summed E-state index contributed by atoms with van der Waals surface area (Å²) in [6.45, 7) is 13.5. The summed E-state index contributed by atoms with van der Waals surface area (Å²) < 4.78 is 6.76. The first-order valence-electron chi connectivity index (χ1n) is 20.6. The van der Waals surface area contributed by atoms with E-state index in [4.69, 9.17) is 14.7 Å². The lowest BCUT2D eigenvalue weighted by molar-refractivity contribution is 0.481. The molecule has 0 saturated carbocycles. The molecule has 0 spiro atoms. The summed E-state index contributed by atoms with van der Waals surface area (Å²) in [7, 11) is 0. The smallest absolute Gasteiger partial charge is 0.128 e. The van der Waals surface area contributed by atoms with Crippen molar-refractivity contribution in [3.63, 3.8) is 0 Å². The van der Waals surface area contributed by atoms with E-state index in [1.165, 1.54) is 32.0 Å². The van der Waals surface area contributed by atoms with Crippen LogP contribution in [0.4, 0.5) is 17.1 Å². The number of pyridine rings is 2. The fraction of sp³-hybridized carbons (Fsp3) is 0.164. The Hall–Kier alpha value is -6.43. The van der Waals surface area contributed by atoms with Gasteiger partial charge in [0.05, 0.1) is 16.8 Å². The molecule has 2 aromatic heterocycles. The highest BCUT2D eigenvalue weighted by atomic mass is 32.2. The number of aromatic nitrogens is 2. The Bertz CT molecular complexity index is 2680. The van der Waals surface area contributed by atoms with Crippen LogP contribution in [-0.4, -0.2) is 9.97 Å². The van der Waals surface area contributed by atoms with Crippen LogP contribution in [0.1, 0.15) is 75.1 Å². The van der Waals surface area contributed by atoms with E-state index < -0.39 is 5.41 Å². The highest BCUT2D eigenvalue weighted by Gasteiger charge is 2.45. The molecule has 5 heteroatoms. The second-order valence-electron chi connectivity index (χ2n) is 17.5. The predicted molar refractivity (Wildman–Crippen MR) is 248 cm³/mol. The molecule has 1 aliphatic rings. The van der Waals surface area contributed by atoms with Gasteiger partial charge < -0.3 is 9.64 Å². The van der Waals surface area contributed by atoms with Crippen LogP contribution in [0.15, 0.2) is 198 Å². The Kier molecular flexibility index (Phi) is 10.2. The monoisotopic (exact) mass is 799 g/mol. The molecule has 0 saturated heterocycles. The Morgan fingerprint density at radius 2 is 1.05 bits per heavy atom. The minimum Gasteiger partial charge on any atom is -0.457 e. The number of nitrogens with zero attached hydrogens (tertiary/aromatic N) is 3. The number of hydrogen-bond donors (Lipinski definition) is 0. The summed E-state index contributed by atoms with van der Waals surface area (Å²) in [5.41, 5.74) is 11.6. The molecule has 0 fully saturated rings. The molecule has 9 rings (SSSR count). The first-order valence-corrected chi connectivity index (χ1v) is 21.4. The van der Waals surface area contributed by atoms with Crippen LogP contribution in [0.2, 0.25) is 0 Å². The van der Waals surface area contributed by atoms with Gasteiger partial charge in [0.15, 0.2) is 0 Å². The van der Waals surface area contributed by atoms with Gasteiger partial charge in [0, 0.05) is 44.8 Å². The van der Waals surface area contributed by atoms with Gasteiger partial charge in [-0.25, -0.2) is 0 Å². The van der Waals surface area contributed by atoms with Crippen LogP contribution < -0.4 is 9.64 Å². The minimum absolute atomic E-state index is 0.0579. The maximum atomic E-state index is 6.76. The van der Waals surface area contributed by atoms with E-state index in [2.05, 4.69) is 198 Å². The Morgan fingerprint density at radius 3 is 1.63 bits per heavy atom. The first-order chi connectivity index (χ1) is 29.0. The van der Waals surface area contributed by atoms with Crippen molar-refractivity contribution in [3.8, 4) is 22.8 Å². The number of fused-ring (bicyclic) bond motifs is 2. The van der Waals surface area contributed by atoms with E-state index in [9.17, 15) is 0 Å². The average Bonchev–Trinajstić information content (AvgIpc) is 3.26. The lowest BCUT2D eigenvalue weighted by Crippen LogP contribution is -2.34. The molecule has 0 radical (unpaired) electrons. The van der Waals surface area contributed by atoms with Crippen molar-refractivity contribution in [2.45, 2.75) is 67.6 Å². The van der Waals surface area contributed by atoms with Crippen molar-refractivity contribution in [1.29, 1.82) is 0 Å². The van der Waals surface area contributed by atoms with Gasteiger partial charge in [-0.15, -0.1) is 0 Å². The molecule has 0 bridgehead atoms. The van der Waals surface area contributed by atoms with E-state index in [1.807, 2.05) is 48.4 Å². The Morgan fingerprint density at radius 1 is 0.483 bits per heavy atom. The molecular formula is C55H49N3OS. The molecule has 1 aliphatic heterocycles. The molecule has 8 aromatic rings. The molecule has 3 heterocycles. The molecule has 6 aromatic carbocycles. The van der Waals surface area contributed by atoms with Crippen molar-refractivity contribution in [1.82, 2.24) is 9.97 Å². The zero-order valence-electron chi connectivity index (χ0n) is 35.1. The third-order valence-corrected chi connectivity index (χ3v) is 12.6. The van der Waals surface area contributed by atoms with Crippen molar-refractivity contribution >= 4 is 28.8 Å². The molecule has 0 aliphatic carbocycles. The molecular weight excluding hydrogens is 751 g/mol. The van der Waals surface area contributed by atoms with Crippen molar-refractivity contribution in [2.75, 3.05) is 4.90 Å². The van der Waals surface area contributed by atoms with Crippen LogP contribution in [0.25, 0.3) is 11.3 Å². The lowest BCUT2D eigenvalue weighted by atomic mass is 9.66. The molecule has 0 amide bonds. The highest BCUT2D eigenvalue weighted by Crippen LogP contribution is 2.55. The zero-order chi connectivity index (χ0) is 41.5. The van der Waals surface area contributed by atoms with Gasteiger partial charge in [-0.3, -0.25) is 9.97 Å². The van der Waals surface area contributed by atoms with E-state index in [0.717, 1.165) is 51.1 Å². The molecule has 0 atom stereocenters. The van der Waals surface area contributed by atoms with Gasteiger partial charge in [-0.1, -0.05) is 144 Å². The summed E-state index contributed by atoms with van der Waals surface area (Å²) in [5.74, 6) is 1.48. The van der Waals surface area contributed by atoms with Crippen LogP contribution in [0, 0.1) is 0 Å². The second-order valence-corrected chi connectivity index (χ2v) is 18.6. The normalized spacial score (nSPS) is 13.2. The topological polar surface area (TPSA) is 38.2 Å². The van der Waals surface area contributed by atoms with Crippen molar-refractivity contribution < 1.29 is 4.74 Å². The summed E-state index contributed by atoms with van der Waals surface area (Å²) >= 11 is 1.81. The molecule has 0 unspecified atom stereocenters. The summed E-state index contributed by atoms with van der Waals surface area (Å²) in [5, 5.41) is 0. The number of ether oxygens (including phenoxy) is 1. The average molecular weight is 800 g/mol. The van der Waals surface area contributed by atoms with Crippen molar-refractivity contribution in [3.05, 3.63) is 222 Å². The predicted octanol–water partition coefficient (Wildman–Crippen LogP) is 14.8. The fourth-order valence-electron chi connectivity index (χ4n) is 8.35. The SMILES string of the molecule is CC(C)(C)c1ccc(N(c2ccc(C(C)(C)C)cc2)c2ccnc(-c3cccc(Oc4cccc(C5(c6ccccn6)c6ccccc6Sc6ccccc65)c4)c3)c2)cc1. The molecule has 296 valence electrons. The maximum Gasteiger partial charge on any atom is 0.128 e. The molecule has 0 N–H and O–H groups in total. The number of hydrogen-bond acceptors (Lipinski definition) is 5. The lowest BCUT2D eigenvalue weighted by Gasteiger charge is -2.40. The molecule has 60 heavy (non-hydrogen) atoms. The van der Waals surface area contributed by atoms with E-state index >= 15 is 0 Å². The van der Waals surface area contributed by atoms with E-state index in [0.29, 0.717) is 0 Å². The van der Waals surface area contributed by atoms with E-state index in [1.54, 1.807) is 0 Å².